The van der Waals surface area contributed by atoms with E-state index in [4.69, 9.17) is 4.98 Å². The number of piperidine rings is 1. The fraction of sp³-hybridized carbons (Fsp3) is 0.407. The number of fused-ring (bicyclic) bond motifs is 1. The summed E-state index contributed by atoms with van der Waals surface area (Å²) < 4.78 is 1.47. The van der Waals surface area contributed by atoms with Crippen LogP contribution in [0.15, 0.2) is 95.9 Å². The summed E-state index contributed by atoms with van der Waals surface area (Å²) in [6.07, 6.45) is 4.45. The molecule has 4 heterocycles. The Hall–Kier alpha value is -7.99. The van der Waals surface area contributed by atoms with Gasteiger partial charge in [0.1, 0.15) is 6.04 Å². The number of hydrogen-bond acceptors (Lipinski definition) is 12. The van der Waals surface area contributed by atoms with Gasteiger partial charge >= 0.3 is 0 Å². The molecule has 5 N–H and O–H groups in total. The van der Waals surface area contributed by atoms with E-state index in [1.54, 1.807) is 49.6 Å². The highest BCUT2D eigenvalue weighted by Gasteiger charge is 2.45. The maximum Gasteiger partial charge on any atom is 0.293 e. The van der Waals surface area contributed by atoms with Crippen molar-refractivity contribution in [2.45, 2.75) is 92.0 Å². The minimum Gasteiger partial charge on any atom is -0.375 e. The number of piperazine rings is 1. The van der Waals surface area contributed by atoms with Crippen LogP contribution in [-0.4, -0.2) is 117 Å². The topological polar surface area (TPSA) is 224 Å². The molecule has 2 atom stereocenters. The van der Waals surface area contributed by atoms with Gasteiger partial charge in [-0.25, -0.2) is 4.98 Å². The van der Waals surface area contributed by atoms with E-state index in [-0.39, 0.29) is 70.4 Å². The van der Waals surface area contributed by atoms with Gasteiger partial charge in [0, 0.05) is 86.1 Å². The molecule has 5 aromatic rings. The Bertz CT molecular complexity index is 3150. The molecular formula is C59H70N10O8. The molecule has 0 spiro atoms. The van der Waals surface area contributed by atoms with Crippen molar-refractivity contribution in [3.05, 3.63) is 135 Å². The van der Waals surface area contributed by atoms with E-state index in [1.165, 1.54) is 10.6 Å². The Labute approximate surface area is 449 Å². The number of benzene rings is 4. The van der Waals surface area contributed by atoms with Gasteiger partial charge in [-0.3, -0.25) is 53.5 Å². The maximum absolute atomic E-state index is 13.6. The van der Waals surface area contributed by atoms with E-state index in [9.17, 15) is 38.4 Å². The molecule has 18 nitrogen and oxygen atoms in total. The number of aryl methyl sites for hydroxylation is 1. The van der Waals surface area contributed by atoms with Gasteiger partial charge < -0.3 is 30.7 Å². The summed E-state index contributed by atoms with van der Waals surface area (Å²) in [7, 11) is 1.67. The molecule has 404 valence electrons. The number of amides is 7. The first-order valence-electron chi connectivity index (χ1n) is 26.4. The van der Waals surface area contributed by atoms with Gasteiger partial charge in [0.2, 0.25) is 17.7 Å². The molecule has 7 amide bonds. The average Bonchev–Trinajstić information content (AvgIpc) is 3.65. The number of anilines is 4. The molecule has 0 radical (unpaired) electrons. The maximum atomic E-state index is 13.6. The van der Waals surface area contributed by atoms with Crippen LogP contribution >= 0.6 is 0 Å². The Kier molecular flexibility index (Phi) is 16.6. The predicted molar refractivity (Wildman–Crippen MR) is 296 cm³/mol. The molecular weight excluding hydrogens is 977 g/mol. The SMILES string of the molecule is Cc1c(NC(=O)c2ccc(C(C)(C)C)cc2)cccc1-c1cn(C)c(=O)c(Nc2ccc(C(=O)N3CCN(CCC(C)CC(C)(C)CCNC(=O)CNc4cccc5c4C(=O)N(C4CCC(=O)NC4=O)C5=O)CC3)cc2)n1. The number of nitrogens with zero attached hydrogens (tertiary/aromatic N) is 5. The smallest absolute Gasteiger partial charge is 0.293 e. The van der Waals surface area contributed by atoms with Crippen LogP contribution in [0.2, 0.25) is 0 Å². The number of aromatic nitrogens is 2. The Morgan fingerprint density at radius 1 is 0.805 bits per heavy atom. The summed E-state index contributed by atoms with van der Waals surface area (Å²) in [6.45, 7) is 18.9. The van der Waals surface area contributed by atoms with Gasteiger partial charge in [0.15, 0.2) is 5.82 Å². The lowest BCUT2D eigenvalue weighted by Gasteiger charge is -2.36. The second-order valence-electron chi connectivity index (χ2n) is 22.4. The number of imide groups is 2. The fourth-order valence-corrected chi connectivity index (χ4v) is 10.4. The minimum absolute atomic E-state index is 0.0243. The molecule has 2 saturated heterocycles. The van der Waals surface area contributed by atoms with Gasteiger partial charge in [-0.05, 0) is 122 Å². The van der Waals surface area contributed by atoms with Crippen molar-refractivity contribution < 1.29 is 33.6 Å². The molecule has 2 fully saturated rings. The molecule has 8 rings (SSSR count). The van der Waals surface area contributed by atoms with Gasteiger partial charge in [-0.1, -0.05) is 71.9 Å². The number of carbonyl (C=O) groups excluding carboxylic acids is 7. The lowest BCUT2D eigenvalue weighted by atomic mass is 9.79. The third kappa shape index (κ3) is 13.0. The first-order chi connectivity index (χ1) is 36.6. The van der Waals surface area contributed by atoms with Crippen LogP contribution in [0.4, 0.5) is 22.9 Å². The van der Waals surface area contributed by atoms with Crippen molar-refractivity contribution in [1.82, 2.24) is 34.9 Å². The number of rotatable bonds is 18. The van der Waals surface area contributed by atoms with E-state index in [0.29, 0.717) is 59.4 Å². The van der Waals surface area contributed by atoms with Crippen LogP contribution < -0.4 is 32.1 Å². The summed E-state index contributed by atoms with van der Waals surface area (Å²) >= 11 is 0. The number of hydrogen-bond donors (Lipinski definition) is 5. The average molecular weight is 1050 g/mol. The summed E-state index contributed by atoms with van der Waals surface area (Å²) in [6, 6.07) is 23.9. The van der Waals surface area contributed by atoms with Crippen molar-refractivity contribution in [1.29, 1.82) is 0 Å². The Morgan fingerprint density at radius 2 is 1.47 bits per heavy atom. The summed E-state index contributed by atoms with van der Waals surface area (Å²) in [5, 5.41) is 14.4. The van der Waals surface area contributed by atoms with Crippen molar-refractivity contribution >= 4 is 64.2 Å². The zero-order chi connectivity index (χ0) is 55.3. The molecule has 1 aromatic heterocycles. The van der Waals surface area contributed by atoms with Crippen molar-refractivity contribution in [2.75, 3.05) is 61.8 Å². The zero-order valence-corrected chi connectivity index (χ0v) is 45.3. The second-order valence-corrected chi connectivity index (χ2v) is 22.4. The molecule has 18 heteroatoms. The highest BCUT2D eigenvalue weighted by molar-refractivity contribution is 6.25. The second kappa shape index (κ2) is 23.1. The van der Waals surface area contributed by atoms with E-state index < -0.39 is 29.7 Å². The highest BCUT2D eigenvalue weighted by Crippen LogP contribution is 2.34. The summed E-state index contributed by atoms with van der Waals surface area (Å²) in [4.78, 5) is 114. The van der Waals surface area contributed by atoms with E-state index in [1.807, 2.05) is 54.3 Å². The van der Waals surface area contributed by atoms with Crippen molar-refractivity contribution in [2.24, 2.45) is 18.4 Å². The first-order valence-corrected chi connectivity index (χ1v) is 26.4. The summed E-state index contributed by atoms with van der Waals surface area (Å²) in [5.74, 6) is -2.38. The number of carbonyl (C=O) groups is 7. The van der Waals surface area contributed by atoms with Crippen LogP contribution in [0.5, 0.6) is 0 Å². The van der Waals surface area contributed by atoms with Gasteiger partial charge in [0.05, 0.1) is 23.4 Å². The fourth-order valence-electron chi connectivity index (χ4n) is 10.4. The molecule has 77 heavy (non-hydrogen) atoms. The van der Waals surface area contributed by atoms with E-state index >= 15 is 0 Å². The molecule has 2 unspecified atom stereocenters. The largest absolute Gasteiger partial charge is 0.375 e. The van der Waals surface area contributed by atoms with Gasteiger partial charge in [-0.15, -0.1) is 0 Å². The van der Waals surface area contributed by atoms with Gasteiger partial charge in [0.25, 0.3) is 29.2 Å². The van der Waals surface area contributed by atoms with Crippen LogP contribution in [0.25, 0.3) is 11.3 Å². The third-order valence-corrected chi connectivity index (χ3v) is 14.9. The monoisotopic (exact) mass is 1050 g/mol. The Balaban J connectivity index is 0.756. The van der Waals surface area contributed by atoms with Crippen molar-refractivity contribution in [3.63, 3.8) is 0 Å². The van der Waals surface area contributed by atoms with Crippen LogP contribution in [0.3, 0.4) is 0 Å². The van der Waals surface area contributed by atoms with E-state index in [0.717, 1.165) is 60.5 Å². The molecule has 3 aliphatic heterocycles. The van der Waals surface area contributed by atoms with Crippen LogP contribution in [0, 0.1) is 18.3 Å². The standard InChI is InChI=1S/C59H70N10O8/c1-36(33-59(6,7)26-27-60-49(71)34-61-45-14-10-12-43-50(45)56(76)69(55(43)75)47-23-24-48(70)65-53(47)73)25-28-67-29-31-68(32-30-67)54(74)39-17-21-41(22-18-39)62-51-57(77)66(8)35-46(63-51)42-11-9-13-44(37(42)2)64-52(72)38-15-19-40(20-16-38)58(3,4)5/h9-22,35-36,47,61H,23-34H2,1-8H3,(H,60,71)(H,62,63)(H,64,72)(H,65,70,73). The molecule has 0 bridgehead atoms. The number of nitrogens with one attached hydrogen (secondary N) is 5. The molecule has 0 saturated carbocycles. The minimum atomic E-state index is -1.08. The molecule has 3 aliphatic rings. The zero-order valence-electron chi connectivity index (χ0n) is 45.3. The van der Waals surface area contributed by atoms with Gasteiger partial charge in [-0.2, -0.15) is 0 Å². The lowest BCUT2D eigenvalue weighted by molar-refractivity contribution is -0.136. The molecule has 0 aliphatic carbocycles. The summed E-state index contributed by atoms with van der Waals surface area (Å²) in [5.41, 5.74) is 5.75. The van der Waals surface area contributed by atoms with Crippen LogP contribution in [-0.2, 0) is 26.8 Å². The third-order valence-electron chi connectivity index (χ3n) is 14.9. The molecule has 4 aromatic carbocycles. The van der Waals surface area contributed by atoms with Crippen LogP contribution in [0.1, 0.15) is 126 Å². The van der Waals surface area contributed by atoms with Crippen molar-refractivity contribution in [3.8, 4) is 11.3 Å². The highest BCUT2D eigenvalue weighted by atomic mass is 16.2. The normalized spacial score (nSPS) is 16.4. The predicted octanol–water partition coefficient (Wildman–Crippen LogP) is 7.27. The van der Waals surface area contributed by atoms with E-state index in [2.05, 4.69) is 73.0 Å². The lowest BCUT2D eigenvalue weighted by Crippen LogP contribution is -2.54. The Morgan fingerprint density at radius 3 is 2.14 bits per heavy atom. The quantitative estimate of drug-likeness (QED) is 0.0547. The first kappa shape index (κ1) is 55.2.